The smallest absolute Gasteiger partial charge is 0.251 e. The lowest BCUT2D eigenvalue weighted by Crippen LogP contribution is -2.44. The molecule has 0 saturated carbocycles. The Balaban J connectivity index is 2.70. The molecule has 0 aliphatic heterocycles. The first kappa shape index (κ1) is 14.2. The number of primary amides is 1. The highest BCUT2D eigenvalue weighted by Crippen LogP contribution is 2.05. The second-order valence-electron chi connectivity index (χ2n) is 4.12. The van der Waals surface area contributed by atoms with E-state index in [-0.39, 0.29) is 5.91 Å². The van der Waals surface area contributed by atoms with Gasteiger partial charge in [-0.3, -0.25) is 9.59 Å². The van der Waals surface area contributed by atoms with Crippen LogP contribution in [-0.2, 0) is 11.3 Å². The lowest BCUT2D eigenvalue weighted by atomic mass is 10.1. The molecular formula is C13H19N3O2. The molecule has 0 aromatic heterocycles. The molecule has 0 spiro atoms. The van der Waals surface area contributed by atoms with E-state index >= 15 is 0 Å². The minimum absolute atomic E-state index is 0.296. The van der Waals surface area contributed by atoms with E-state index in [9.17, 15) is 9.59 Å². The third kappa shape index (κ3) is 3.85. The molecule has 1 atom stereocenters. The molecular weight excluding hydrogens is 230 g/mol. The summed E-state index contributed by atoms with van der Waals surface area (Å²) in [7, 11) is 0. The summed E-state index contributed by atoms with van der Waals surface area (Å²) in [6, 6.07) is 6.32. The second-order valence-corrected chi connectivity index (χ2v) is 4.12. The van der Waals surface area contributed by atoms with Crippen LogP contribution in [0.1, 0.15) is 35.7 Å². The Morgan fingerprint density at radius 1 is 1.28 bits per heavy atom. The first-order valence-corrected chi connectivity index (χ1v) is 5.97. The van der Waals surface area contributed by atoms with Crippen LogP contribution in [0.15, 0.2) is 24.3 Å². The number of rotatable bonds is 6. The van der Waals surface area contributed by atoms with Crippen LogP contribution >= 0.6 is 0 Å². The molecule has 0 radical (unpaired) electrons. The largest absolute Gasteiger partial charge is 0.368 e. The van der Waals surface area contributed by atoms with E-state index in [1.165, 1.54) is 0 Å². The van der Waals surface area contributed by atoms with Gasteiger partial charge >= 0.3 is 0 Å². The quantitative estimate of drug-likeness (QED) is 0.685. The summed E-state index contributed by atoms with van der Waals surface area (Å²) in [5.41, 5.74) is 12.1. The predicted octanol–water partition coefficient (Wildman–Crippen LogP) is 0.529. The second kappa shape index (κ2) is 6.76. The Kier molecular flexibility index (Phi) is 5.32. The molecule has 1 aromatic rings. The van der Waals surface area contributed by atoms with Crippen molar-refractivity contribution in [3.8, 4) is 0 Å². The van der Waals surface area contributed by atoms with Crippen LogP contribution < -0.4 is 16.8 Å². The average molecular weight is 249 g/mol. The molecule has 0 aliphatic rings. The highest BCUT2D eigenvalue weighted by atomic mass is 16.2. The van der Waals surface area contributed by atoms with Gasteiger partial charge in [-0.1, -0.05) is 25.5 Å². The molecule has 18 heavy (non-hydrogen) atoms. The maximum absolute atomic E-state index is 11.9. The summed E-state index contributed by atoms with van der Waals surface area (Å²) >= 11 is 0. The minimum Gasteiger partial charge on any atom is -0.368 e. The molecule has 0 heterocycles. The van der Waals surface area contributed by atoms with Crippen LogP contribution in [-0.4, -0.2) is 17.9 Å². The standard InChI is InChI=1S/C13H19N3O2/c1-2-3-11(12(15)17)16-13(18)10-6-4-9(8-14)5-7-10/h4-7,11H,2-3,8,14H2,1H3,(H2,15,17)(H,16,18). The van der Waals surface area contributed by atoms with E-state index in [4.69, 9.17) is 11.5 Å². The Morgan fingerprint density at radius 3 is 2.33 bits per heavy atom. The highest BCUT2D eigenvalue weighted by molar-refractivity contribution is 5.97. The lowest BCUT2D eigenvalue weighted by molar-refractivity contribution is -0.120. The van der Waals surface area contributed by atoms with Gasteiger partial charge in [-0.25, -0.2) is 0 Å². The molecule has 0 saturated heterocycles. The fourth-order valence-corrected chi connectivity index (χ4v) is 1.61. The number of nitrogens with two attached hydrogens (primary N) is 2. The third-order valence-corrected chi connectivity index (χ3v) is 2.68. The minimum atomic E-state index is -0.614. The molecule has 1 aromatic carbocycles. The van der Waals surface area contributed by atoms with Crippen molar-refractivity contribution in [2.45, 2.75) is 32.4 Å². The van der Waals surface area contributed by atoms with E-state index < -0.39 is 11.9 Å². The van der Waals surface area contributed by atoms with Crippen molar-refractivity contribution in [3.63, 3.8) is 0 Å². The molecule has 0 bridgehead atoms. The molecule has 0 fully saturated rings. The van der Waals surface area contributed by atoms with Crippen molar-refractivity contribution in [2.24, 2.45) is 11.5 Å². The summed E-state index contributed by atoms with van der Waals surface area (Å²) in [5, 5.41) is 2.63. The summed E-state index contributed by atoms with van der Waals surface area (Å²) in [5.74, 6) is -0.806. The highest BCUT2D eigenvalue weighted by Gasteiger charge is 2.17. The van der Waals surface area contributed by atoms with Gasteiger partial charge in [0.15, 0.2) is 0 Å². The van der Waals surface area contributed by atoms with Crippen LogP contribution in [0.2, 0.25) is 0 Å². The van der Waals surface area contributed by atoms with Crippen molar-refractivity contribution in [1.29, 1.82) is 0 Å². The number of hydrogen-bond acceptors (Lipinski definition) is 3. The molecule has 1 rings (SSSR count). The summed E-state index contributed by atoms with van der Waals surface area (Å²) < 4.78 is 0. The maximum Gasteiger partial charge on any atom is 0.251 e. The van der Waals surface area contributed by atoms with Gasteiger partial charge in [0.2, 0.25) is 5.91 Å². The van der Waals surface area contributed by atoms with Gasteiger partial charge in [0, 0.05) is 12.1 Å². The van der Waals surface area contributed by atoms with Crippen molar-refractivity contribution in [1.82, 2.24) is 5.32 Å². The third-order valence-electron chi connectivity index (χ3n) is 2.68. The Labute approximate surface area is 107 Å². The summed E-state index contributed by atoms with van der Waals surface area (Å²) in [4.78, 5) is 23.0. The van der Waals surface area contributed by atoms with E-state index in [1.807, 2.05) is 6.92 Å². The molecule has 2 amide bonds. The first-order chi connectivity index (χ1) is 8.58. The number of carbonyl (C=O) groups excluding carboxylic acids is 2. The monoisotopic (exact) mass is 249 g/mol. The lowest BCUT2D eigenvalue weighted by Gasteiger charge is -2.14. The molecule has 98 valence electrons. The zero-order valence-electron chi connectivity index (χ0n) is 10.5. The molecule has 0 aliphatic carbocycles. The first-order valence-electron chi connectivity index (χ1n) is 5.97. The molecule has 5 nitrogen and oxygen atoms in total. The number of benzene rings is 1. The van der Waals surface area contributed by atoms with Crippen molar-refractivity contribution >= 4 is 11.8 Å². The van der Waals surface area contributed by atoms with Gasteiger partial charge in [0.25, 0.3) is 5.91 Å². The van der Waals surface area contributed by atoms with Crippen molar-refractivity contribution in [3.05, 3.63) is 35.4 Å². The van der Waals surface area contributed by atoms with Crippen molar-refractivity contribution < 1.29 is 9.59 Å². The predicted molar refractivity (Wildman–Crippen MR) is 69.7 cm³/mol. The van der Waals surface area contributed by atoms with Crippen LogP contribution in [0.5, 0.6) is 0 Å². The fourth-order valence-electron chi connectivity index (χ4n) is 1.61. The van der Waals surface area contributed by atoms with Gasteiger partial charge in [-0.2, -0.15) is 0 Å². The topological polar surface area (TPSA) is 98.2 Å². The van der Waals surface area contributed by atoms with Gasteiger partial charge in [0.05, 0.1) is 0 Å². The zero-order valence-corrected chi connectivity index (χ0v) is 10.5. The summed E-state index contributed by atoms with van der Waals surface area (Å²) in [6.07, 6.45) is 1.32. The fraction of sp³-hybridized carbons (Fsp3) is 0.385. The average Bonchev–Trinajstić information content (AvgIpc) is 2.38. The van der Waals surface area contributed by atoms with Crippen LogP contribution in [0, 0.1) is 0 Å². The zero-order chi connectivity index (χ0) is 13.5. The number of amides is 2. The van der Waals surface area contributed by atoms with Crippen molar-refractivity contribution in [2.75, 3.05) is 0 Å². The Morgan fingerprint density at radius 2 is 1.89 bits per heavy atom. The van der Waals surface area contributed by atoms with Crippen LogP contribution in [0.4, 0.5) is 0 Å². The van der Waals surface area contributed by atoms with Gasteiger partial charge in [-0.15, -0.1) is 0 Å². The van der Waals surface area contributed by atoms with E-state index in [2.05, 4.69) is 5.32 Å². The SMILES string of the molecule is CCCC(NC(=O)c1ccc(CN)cc1)C(N)=O. The molecule has 5 N–H and O–H groups in total. The normalized spacial score (nSPS) is 11.9. The maximum atomic E-state index is 11.9. The van der Waals surface area contributed by atoms with Gasteiger partial charge in [0.1, 0.15) is 6.04 Å². The van der Waals surface area contributed by atoms with E-state index in [0.29, 0.717) is 18.5 Å². The summed E-state index contributed by atoms with van der Waals surface area (Å²) in [6.45, 7) is 2.36. The molecule has 5 heteroatoms. The molecule has 1 unspecified atom stereocenters. The number of nitrogens with one attached hydrogen (secondary N) is 1. The number of carbonyl (C=O) groups is 2. The van der Waals surface area contributed by atoms with Gasteiger partial charge < -0.3 is 16.8 Å². The number of hydrogen-bond donors (Lipinski definition) is 3. The van der Waals surface area contributed by atoms with E-state index in [1.54, 1.807) is 24.3 Å². The van der Waals surface area contributed by atoms with Crippen LogP contribution in [0.25, 0.3) is 0 Å². The Bertz CT molecular complexity index is 415. The van der Waals surface area contributed by atoms with Crippen LogP contribution in [0.3, 0.4) is 0 Å². The van der Waals surface area contributed by atoms with Gasteiger partial charge in [-0.05, 0) is 24.1 Å². The Hall–Kier alpha value is -1.88. The van der Waals surface area contributed by atoms with E-state index in [0.717, 1.165) is 12.0 Å².